The highest BCUT2D eigenvalue weighted by Crippen LogP contribution is 2.32. The number of nitrogens with zero attached hydrogens (tertiary/aromatic N) is 4. The molecule has 1 aliphatic carbocycles. The van der Waals surface area contributed by atoms with Crippen LogP contribution in [0.3, 0.4) is 0 Å². The molecule has 6 nitrogen and oxygen atoms in total. The molecule has 0 aromatic carbocycles. The van der Waals surface area contributed by atoms with E-state index in [-0.39, 0.29) is 12.3 Å². The summed E-state index contributed by atoms with van der Waals surface area (Å²) < 4.78 is 14.2. The minimum atomic E-state index is 0.0300. The van der Waals surface area contributed by atoms with Gasteiger partial charge in [0.1, 0.15) is 24.0 Å². The number of fused-ring (bicyclic) bond motifs is 1. The van der Waals surface area contributed by atoms with E-state index in [1.165, 1.54) is 19.3 Å². The van der Waals surface area contributed by atoms with Crippen molar-refractivity contribution in [2.24, 2.45) is 0 Å². The molecule has 23 heavy (non-hydrogen) atoms. The van der Waals surface area contributed by atoms with Crippen molar-refractivity contribution in [3.8, 4) is 5.88 Å². The van der Waals surface area contributed by atoms with Gasteiger partial charge in [-0.25, -0.2) is 9.97 Å². The Morgan fingerprint density at radius 2 is 1.78 bits per heavy atom. The average Bonchev–Trinajstić information content (AvgIpc) is 3.15. The van der Waals surface area contributed by atoms with Crippen LogP contribution in [0.15, 0.2) is 0 Å². The van der Waals surface area contributed by atoms with Gasteiger partial charge in [0.2, 0.25) is 5.88 Å². The summed E-state index contributed by atoms with van der Waals surface area (Å²) in [7, 11) is 0. The first-order chi connectivity index (χ1) is 11.2. The number of ether oxygens (including phenoxy) is 2. The molecule has 2 fully saturated rings. The van der Waals surface area contributed by atoms with Crippen LogP contribution in [0.2, 0.25) is 0 Å². The Kier molecular flexibility index (Phi) is 3.93. The number of rotatable bonds is 3. The van der Waals surface area contributed by atoms with E-state index in [0.29, 0.717) is 5.88 Å². The van der Waals surface area contributed by atoms with Crippen molar-refractivity contribution in [3.63, 3.8) is 0 Å². The van der Waals surface area contributed by atoms with Gasteiger partial charge in [-0.2, -0.15) is 4.98 Å². The maximum absolute atomic E-state index is 6.16. The molecule has 0 spiro atoms. The van der Waals surface area contributed by atoms with Crippen molar-refractivity contribution in [2.45, 2.75) is 71.1 Å². The van der Waals surface area contributed by atoms with Crippen LogP contribution in [0, 0.1) is 13.8 Å². The molecule has 1 saturated heterocycles. The van der Waals surface area contributed by atoms with E-state index in [2.05, 4.69) is 14.5 Å². The van der Waals surface area contributed by atoms with Gasteiger partial charge in [0.15, 0.2) is 11.2 Å². The van der Waals surface area contributed by atoms with E-state index in [0.717, 1.165) is 55.1 Å². The van der Waals surface area contributed by atoms with Gasteiger partial charge in [-0.1, -0.05) is 0 Å². The molecule has 1 unspecified atom stereocenters. The number of imidazole rings is 1. The van der Waals surface area contributed by atoms with Gasteiger partial charge in [-0.05, 0) is 58.8 Å². The van der Waals surface area contributed by atoms with E-state index in [4.69, 9.17) is 14.5 Å². The fraction of sp³-hybridized carbons (Fsp3) is 0.706. The number of hydrogen-bond donors (Lipinski definition) is 0. The lowest BCUT2D eigenvalue weighted by atomic mass is 10.2. The Bertz CT molecular complexity index is 700. The van der Waals surface area contributed by atoms with Gasteiger partial charge in [-0.3, -0.25) is 4.57 Å². The Morgan fingerprint density at radius 1 is 1.00 bits per heavy atom. The fourth-order valence-corrected chi connectivity index (χ4v) is 3.68. The highest BCUT2D eigenvalue weighted by molar-refractivity contribution is 5.77. The zero-order chi connectivity index (χ0) is 15.8. The molecule has 1 saturated carbocycles. The third-order valence-corrected chi connectivity index (χ3v) is 4.82. The molecule has 1 atom stereocenters. The molecule has 2 aliphatic rings. The molecule has 6 heteroatoms. The van der Waals surface area contributed by atoms with Crippen molar-refractivity contribution in [2.75, 3.05) is 6.61 Å². The van der Waals surface area contributed by atoms with Crippen molar-refractivity contribution < 1.29 is 9.47 Å². The molecule has 0 amide bonds. The normalized spacial score (nSPS) is 22.8. The SMILES string of the molecule is Cc1nc(OC2CCCC2)c2nc(C)n(C3CCCCO3)c2n1. The Morgan fingerprint density at radius 3 is 2.52 bits per heavy atom. The zero-order valence-corrected chi connectivity index (χ0v) is 13.9. The second kappa shape index (κ2) is 6.07. The number of aromatic nitrogens is 4. The molecule has 2 aromatic heterocycles. The van der Waals surface area contributed by atoms with Gasteiger partial charge in [0.05, 0.1) is 0 Å². The van der Waals surface area contributed by atoms with Gasteiger partial charge in [-0.15, -0.1) is 0 Å². The lowest BCUT2D eigenvalue weighted by Gasteiger charge is -2.25. The summed E-state index contributed by atoms with van der Waals surface area (Å²) in [4.78, 5) is 13.9. The van der Waals surface area contributed by atoms with Gasteiger partial charge >= 0.3 is 0 Å². The summed E-state index contributed by atoms with van der Waals surface area (Å²) in [6.07, 6.45) is 8.31. The molecule has 3 heterocycles. The number of aryl methyl sites for hydroxylation is 2. The molecular formula is C17H24N4O2. The third-order valence-electron chi connectivity index (χ3n) is 4.82. The lowest BCUT2D eigenvalue weighted by Crippen LogP contribution is -2.19. The van der Waals surface area contributed by atoms with Gasteiger partial charge in [0.25, 0.3) is 0 Å². The summed E-state index contributed by atoms with van der Waals surface area (Å²) in [6, 6.07) is 0. The maximum atomic E-state index is 6.16. The summed E-state index contributed by atoms with van der Waals surface area (Å²) >= 11 is 0. The second-order valence-electron chi connectivity index (χ2n) is 6.62. The van der Waals surface area contributed by atoms with Crippen LogP contribution in [-0.4, -0.2) is 32.2 Å². The van der Waals surface area contributed by atoms with Crippen LogP contribution in [0.5, 0.6) is 5.88 Å². The smallest absolute Gasteiger partial charge is 0.245 e. The summed E-state index contributed by atoms with van der Waals surface area (Å²) in [6.45, 7) is 4.73. The molecule has 0 radical (unpaired) electrons. The van der Waals surface area contributed by atoms with E-state index >= 15 is 0 Å². The molecule has 1 aliphatic heterocycles. The largest absolute Gasteiger partial charge is 0.473 e. The van der Waals surface area contributed by atoms with Crippen LogP contribution < -0.4 is 4.74 Å². The minimum Gasteiger partial charge on any atom is -0.473 e. The molecule has 4 rings (SSSR count). The quantitative estimate of drug-likeness (QED) is 0.867. The first kappa shape index (κ1) is 14.9. The molecule has 0 N–H and O–H groups in total. The summed E-state index contributed by atoms with van der Waals surface area (Å²) in [5.74, 6) is 2.28. The van der Waals surface area contributed by atoms with Crippen LogP contribution in [0.1, 0.15) is 62.8 Å². The van der Waals surface area contributed by atoms with E-state index in [1.54, 1.807) is 0 Å². The Labute approximate surface area is 136 Å². The minimum absolute atomic E-state index is 0.0300. The number of hydrogen-bond acceptors (Lipinski definition) is 5. The first-order valence-corrected chi connectivity index (χ1v) is 8.74. The summed E-state index contributed by atoms with van der Waals surface area (Å²) in [5.41, 5.74) is 1.61. The molecule has 0 bridgehead atoms. The predicted molar refractivity (Wildman–Crippen MR) is 86.5 cm³/mol. The van der Waals surface area contributed by atoms with Crippen molar-refractivity contribution in [3.05, 3.63) is 11.6 Å². The zero-order valence-electron chi connectivity index (χ0n) is 13.9. The average molecular weight is 316 g/mol. The first-order valence-electron chi connectivity index (χ1n) is 8.74. The van der Waals surface area contributed by atoms with Crippen LogP contribution in [0.25, 0.3) is 11.2 Å². The predicted octanol–water partition coefficient (Wildman–Crippen LogP) is 3.46. The van der Waals surface area contributed by atoms with Crippen molar-refractivity contribution in [1.29, 1.82) is 0 Å². The molecular weight excluding hydrogens is 292 g/mol. The Hall–Kier alpha value is -1.69. The highest BCUT2D eigenvalue weighted by atomic mass is 16.5. The molecule has 124 valence electrons. The lowest BCUT2D eigenvalue weighted by molar-refractivity contribution is -0.0309. The monoisotopic (exact) mass is 316 g/mol. The van der Waals surface area contributed by atoms with Crippen molar-refractivity contribution >= 4 is 11.2 Å². The van der Waals surface area contributed by atoms with E-state index in [9.17, 15) is 0 Å². The van der Waals surface area contributed by atoms with Gasteiger partial charge < -0.3 is 9.47 Å². The van der Waals surface area contributed by atoms with E-state index < -0.39 is 0 Å². The van der Waals surface area contributed by atoms with Crippen LogP contribution in [0.4, 0.5) is 0 Å². The van der Waals surface area contributed by atoms with Gasteiger partial charge in [0, 0.05) is 6.61 Å². The second-order valence-corrected chi connectivity index (χ2v) is 6.62. The highest BCUT2D eigenvalue weighted by Gasteiger charge is 2.25. The third kappa shape index (κ3) is 2.80. The van der Waals surface area contributed by atoms with Crippen LogP contribution in [-0.2, 0) is 4.74 Å². The summed E-state index contributed by atoms with van der Waals surface area (Å²) in [5, 5.41) is 0. The van der Waals surface area contributed by atoms with Crippen LogP contribution >= 0.6 is 0 Å². The molecule has 2 aromatic rings. The standard InChI is InChI=1S/C17H24N4O2/c1-11-18-16-15(17(19-11)23-13-7-3-4-8-13)20-12(2)21(16)14-9-5-6-10-22-14/h13-14H,3-10H2,1-2H3. The Balaban J connectivity index is 1.76. The maximum Gasteiger partial charge on any atom is 0.245 e. The van der Waals surface area contributed by atoms with E-state index in [1.807, 2.05) is 13.8 Å². The fourth-order valence-electron chi connectivity index (χ4n) is 3.68. The topological polar surface area (TPSA) is 62.1 Å². The van der Waals surface area contributed by atoms with Crippen molar-refractivity contribution in [1.82, 2.24) is 19.5 Å².